The number of amides is 1. The molecule has 5 heteroatoms. The molecule has 1 aliphatic rings. The SMILES string of the molecule is CCC1CN(C)CCCN1C(=O)c1ccc(N)c(O)c1. The second kappa shape index (κ2) is 6.13. The number of nitrogens with two attached hydrogens (primary N) is 1. The van der Waals surface area contributed by atoms with E-state index in [1.807, 2.05) is 4.90 Å². The predicted molar refractivity (Wildman–Crippen MR) is 79.7 cm³/mol. The third-order valence-electron chi connectivity index (χ3n) is 3.91. The van der Waals surface area contributed by atoms with Crippen molar-refractivity contribution in [2.24, 2.45) is 0 Å². The molecular formula is C15H23N3O2. The second-order valence-electron chi connectivity index (χ2n) is 5.45. The molecule has 1 atom stereocenters. The lowest BCUT2D eigenvalue weighted by molar-refractivity contribution is 0.0675. The van der Waals surface area contributed by atoms with Gasteiger partial charge in [0.1, 0.15) is 5.75 Å². The zero-order chi connectivity index (χ0) is 14.7. The van der Waals surface area contributed by atoms with Crippen molar-refractivity contribution in [2.45, 2.75) is 25.8 Å². The fourth-order valence-electron chi connectivity index (χ4n) is 2.70. The van der Waals surface area contributed by atoms with E-state index in [-0.39, 0.29) is 17.7 Å². The summed E-state index contributed by atoms with van der Waals surface area (Å²) in [4.78, 5) is 16.8. The van der Waals surface area contributed by atoms with Gasteiger partial charge in [0.15, 0.2) is 0 Å². The molecular weight excluding hydrogens is 254 g/mol. The molecule has 1 aliphatic heterocycles. The zero-order valence-corrected chi connectivity index (χ0v) is 12.2. The normalized spacial score (nSPS) is 20.7. The van der Waals surface area contributed by atoms with Crippen molar-refractivity contribution in [3.63, 3.8) is 0 Å². The fraction of sp³-hybridized carbons (Fsp3) is 0.533. The second-order valence-corrected chi connectivity index (χ2v) is 5.45. The van der Waals surface area contributed by atoms with E-state index in [0.29, 0.717) is 11.3 Å². The van der Waals surface area contributed by atoms with E-state index in [0.717, 1.165) is 32.5 Å². The Morgan fingerprint density at radius 3 is 2.85 bits per heavy atom. The largest absolute Gasteiger partial charge is 0.506 e. The van der Waals surface area contributed by atoms with Crippen LogP contribution in [0.2, 0.25) is 0 Å². The molecule has 110 valence electrons. The van der Waals surface area contributed by atoms with Crippen molar-refractivity contribution in [1.29, 1.82) is 0 Å². The van der Waals surface area contributed by atoms with E-state index in [4.69, 9.17) is 5.73 Å². The lowest BCUT2D eigenvalue weighted by atomic mass is 10.1. The molecule has 0 radical (unpaired) electrons. The smallest absolute Gasteiger partial charge is 0.254 e. The first-order chi connectivity index (χ1) is 9.52. The molecule has 0 aromatic heterocycles. The van der Waals surface area contributed by atoms with Crippen LogP contribution in [0.4, 0.5) is 5.69 Å². The Bertz CT molecular complexity index is 490. The van der Waals surface area contributed by atoms with Crippen LogP contribution in [0.15, 0.2) is 18.2 Å². The van der Waals surface area contributed by atoms with Crippen LogP contribution < -0.4 is 5.73 Å². The van der Waals surface area contributed by atoms with Crippen molar-refractivity contribution in [3.05, 3.63) is 23.8 Å². The quantitative estimate of drug-likeness (QED) is 0.635. The summed E-state index contributed by atoms with van der Waals surface area (Å²) in [6.07, 6.45) is 1.90. The number of benzene rings is 1. The van der Waals surface area contributed by atoms with Crippen LogP contribution in [-0.2, 0) is 0 Å². The molecule has 1 fully saturated rings. The first kappa shape index (κ1) is 14.7. The highest BCUT2D eigenvalue weighted by molar-refractivity contribution is 5.95. The van der Waals surface area contributed by atoms with Gasteiger partial charge in [-0.05, 0) is 44.6 Å². The highest BCUT2D eigenvalue weighted by Gasteiger charge is 2.27. The Hall–Kier alpha value is -1.75. The minimum absolute atomic E-state index is 0.0255. The molecule has 0 aliphatic carbocycles. The molecule has 1 saturated heterocycles. The third kappa shape index (κ3) is 3.04. The Morgan fingerprint density at radius 1 is 1.45 bits per heavy atom. The molecule has 1 amide bonds. The van der Waals surface area contributed by atoms with Crippen LogP contribution >= 0.6 is 0 Å². The van der Waals surface area contributed by atoms with Crippen LogP contribution in [0.3, 0.4) is 0 Å². The summed E-state index contributed by atoms with van der Waals surface area (Å²) in [5.74, 6) is -0.0571. The van der Waals surface area contributed by atoms with Crippen molar-refractivity contribution < 1.29 is 9.90 Å². The Kier molecular flexibility index (Phi) is 4.49. The van der Waals surface area contributed by atoms with Gasteiger partial charge in [-0.3, -0.25) is 4.79 Å². The molecule has 0 bridgehead atoms. The molecule has 2 rings (SSSR count). The standard InChI is InChI=1S/C15H23N3O2/c1-3-12-10-17(2)7-4-8-18(12)15(20)11-5-6-13(16)14(19)9-11/h5-6,9,12,19H,3-4,7-8,10,16H2,1-2H3. The van der Waals surface area contributed by atoms with E-state index in [2.05, 4.69) is 18.9 Å². The average molecular weight is 277 g/mol. The molecule has 1 aromatic carbocycles. The summed E-state index contributed by atoms with van der Waals surface area (Å²) in [5, 5.41) is 9.66. The summed E-state index contributed by atoms with van der Waals surface area (Å²) in [6, 6.07) is 4.93. The van der Waals surface area contributed by atoms with Gasteiger partial charge in [0.25, 0.3) is 5.91 Å². The number of aromatic hydroxyl groups is 1. The van der Waals surface area contributed by atoms with Crippen molar-refractivity contribution in [1.82, 2.24) is 9.80 Å². The van der Waals surface area contributed by atoms with Crippen molar-refractivity contribution in [3.8, 4) is 5.75 Å². The Labute approximate surface area is 120 Å². The Balaban J connectivity index is 2.23. The van der Waals surface area contributed by atoms with Crippen molar-refractivity contribution >= 4 is 11.6 Å². The van der Waals surface area contributed by atoms with E-state index in [1.54, 1.807) is 12.1 Å². The molecule has 1 aromatic rings. The van der Waals surface area contributed by atoms with Gasteiger partial charge in [0, 0.05) is 24.7 Å². The number of carbonyl (C=O) groups is 1. The van der Waals surface area contributed by atoms with Crippen LogP contribution in [0.5, 0.6) is 5.75 Å². The lowest BCUT2D eigenvalue weighted by Gasteiger charge is -2.30. The molecule has 1 heterocycles. The molecule has 5 nitrogen and oxygen atoms in total. The number of rotatable bonds is 2. The minimum Gasteiger partial charge on any atom is -0.506 e. The summed E-state index contributed by atoms with van der Waals surface area (Å²) < 4.78 is 0. The van der Waals surface area contributed by atoms with Crippen molar-refractivity contribution in [2.75, 3.05) is 32.4 Å². The fourth-order valence-corrected chi connectivity index (χ4v) is 2.70. The van der Waals surface area contributed by atoms with Gasteiger partial charge in [-0.15, -0.1) is 0 Å². The molecule has 1 unspecified atom stereocenters. The van der Waals surface area contributed by atoms with E-state index >= 15 is 0 Å². The number of nitrogen functional groups attached to an aromatic ring is 1. The van der Waals surface area contributed by atoms with Gasteiger partial charge in [-0.2, -0.15) is 0 Å². The number of phenols is 1. The first-order valence-corrected chi connectivity index (χ1v) is 7.11. The van der Waals surface area contributed by atoms with Crippen LogP contribution in [-0.4, -0.2) is 53.5 Å². The summed E-state index contributed by atoms with van der Waals surface area (Å²) >= 11 is 0. The minimum atomic E-state index is -0.0316. The molecule has 3 N–H and O–H groups in total. The zero-order valence-electron chi connectivity index (χ0n) is 12.2. The van der Waals surface area contributed by atoms with Crippen LogP contribution in [0.25, 0.3) is 0 Å². The molecule has 0 spiro atoms. The maximum Gasteiger partial charge on any atom is 0.254 e. The number of hydrogen-bond acceptors (Lipinski definition) is 4. The van der Waals surface area contributed by atoms with E-state index in [1.165, 1.54) is 6.07 Å². The van der Waals surface area contributed by atoms with Gasteiger partial charge in [-0.25, -0.2) is 0 Å². The highest BCUT2D eigenvalue weighted by atomic mass is 16.3. The number of likely N-dealkylation sites (N-methyl/N-ethyl adjacent to an activating group) is 1. The number of hydrogen-bond donors (Lipinski definition) is 2. The average Bonchev–Trinajstić information content (AvgIpc) is 2.62. The van der Waals surface area contributed by atoms with Gasteiger partial charge in [-0.1, -0.05) is 6.92 Å². The van der Waals surface area contributed by atoms with Crippen LogP contribution in [0.1, 0.15) is 30.1 Å². The first-order valence-electron chi connectivity index (χ1n) is 7.11. The van der Waals surface area contributed by atoms with Gasteiger partial charge >= 0.3 is 0 Å². The van der Waals surface area contributed by atoms with Gasteiger partial charge in [0.2, 0.25) is 0 Å². The number of nitrogens with zero attached hydrogens (tertiary/aromatic N) is 2. The summed E-state index contributed by atoms with van der Waals surface area (Å²) in [6.45, 7) is 4.76. The van der Waals surface area contributed by atoms with E-state index in [9.17, 15) is 9.90 Å². The number of phenolic OH excluding ortho intramolecular Hbond substituents is 1. The molecule has 20 heavy (non-hydrogen) atoms. The monoisotopic (exact) mass is 277 g/mol. The number of carbonyl (C=O) groups excluding carboxylic acids is 1. The lowest BCUT2D eigenvalue weighted by Crippen LogP contribution is -2.43. The maximum atomic E-state index is 12.6. The topological polar surface area (TPSA) is 69.8 Å². The highest BCUT2D eigenvalue weighted by Crippen LogP contribution is 2.23. The molecule has 0 saturated carbocycles. The maximum absolute atomic E-state index is 12.6. The summed E-state index contributed by atoms with van der Waals surface area (Å²) in [7, 11) is 2.09. The van der Waals surface area contributed by atoms with Gasteiger partial charge in [0.05, 0.1) is 5.69 Å². The van der Waals surface area contributed by atoms with Gasteiger partial charge < -0.3 is 20.6 Å². The summed E-state index contributed by atoms with van der Waals surface area (Å²) in [5.41, 5.74) is 6.38. The Morgan fingerprint density at radius 2 is 2.20 bits per heavy atom. The number of anilines is 1. The van der Waals surface area contributed by atoms with E-state index < -0.39 is 0 Å². The third-order valence-corrected chi connectivity index (χ3v) is 3.91. The predicted octanol–water partition coefficient (Wildman–Crippen LogP) is 1.53. The van der Waals surface area contributed by atoms with Crippen LogP contribution in [0, 0.1) is 0 Å².